The summed E-state index contributed by atoms with van der Waals surface area (Å²) in [5.41, 5.74) is 1.12. The van der Waals surface area contributed by atoms with Gasteiger partial charge in [0.2, 0.25) is 0 Å². The maximum absolute atomic E-state index is 12.4. The van der Waals surface area contributed by atoms with E-state index in [1.807, 2.05) is 0 Å². The van der Waals surface area contributed by atoms with E-state index in [9.17, 15) is 9.59 Å². The zero-order valence-electron chi connectivity index (χ0n) is 14.9. The summed E-state index contributed by atoms with van der Waals surface area (Å²) in [6, 6.07) is 7.50. The first kappa shape index (κ1) is 18.5. The van der Waals surface area contributed by atoms with Crippen LogP contribution in [0.3, 0.4) is 0 Å². The van der Waals surface area contributed by atoms with Crippen molar-refractivity contribution in [3.8, 4) is 0 Å². The Morgan fingerprint density at radius 1 is 1.08 bits per heavy atom. The number of rotatable bonds is 7. The summed E-state index contributed by atoms with van der Waals surface area (Å²) in [6.07, 6.45) is 8.68. The average molecular weight is 330 g/mol. The van der Waals surface area contributed by atoms with Gasteiger partial charge < -0.3 is 10.6 Å². The molecule has 0 bridgehead atoms. The Balaban J connectivity index is 1.99. The molecule has 2 N–H and O–H groups in total. The number of nitrogens with one attached hydrogen (secondary N) is 2. The Labute approximate surface area is 145 Å². The molecular formula is C20H30N2O2. The maximum atomic E-state index is 12.4. The Bertz CT molecular complexity index is 516. The van der Waals surface area contributed by atoms with Crippen LogP contribution in [0, 0.1) is 0 Å². The van der Waals surface area contributed by atoms with Crippen LogP contribution in [0.4, 0.5) is 0 Å². The van der Waals surface area contributed by atoms with E-state index < -0.39 is 0 Å². The summed E-state index contributed by atoms with van der Waals surface area (Å²) in [4.78, 5) is 24.8. The smallest absolute Gasteiger partial charge is 0.251 e. The second-order valence-electron chi connectivity index (χ2n) is 6.76. The van der Waals surface area contributed by atoms with E-state index >= 15 is 0 Å². The van der Waals surface area contributed by atoms with Crippen molar-refractivity contribution in [3.63, 3.8) is 0 Å². The Morgan fingerprint density at radius 3 is 2.38 bits per heavy atom. The highest BCUT2D eigenvalue weighted by Gasteiger charge is 2.18. The lowest BCUT2D eigenvalue weighted by atomic mass is 9.95. The van der Waals surface area contributed by atoms with E-state index in [-0.39, 0.29) is 23.9 Å². The summed E-state index contributed by atoms with van der Waals surface area (Å²) in [7, 11) is 0. The zero-order chi connectivity index (χ0) is 17.4. The van der Waals surface area contributed by atoms with Crippen molar-refractivity contribution in [2.24, 2.45) is 0 Å². The van der Waals surface area contributed by atoms with Gasteiger partial charge in [-0.15, -0.1) is 0 Å². The number of hydrogen-bond donors (Lipinski definition) is 2. The number of amides is 2. The third kappa shape index (κ3) is 5.36. The van der Waals surface area contributed by atoms with E-state index in [4.69, 9.17) is 0 Å². The fraction of sp³-hybridized carbons (Fsp3) is 0.600. The summed E-state index contributed by atoms with van der Waals surface area (Å²) >= 11 is 0. The first-order valence-corrected chi connectivity index (χ1v) is 9.35. The van der Waals surface area contributed by atoms with Crippen LogP contribution in [0.15, 0.2) is 24.3 Å². The van der Waals surface area contributed by atoms with Gasteiger partial charge in [-0.3, -0.25) is 9.59 Å². The van der Waals surface area contributed by atoms with Crippen LogP contribution in [-0.4, -0.2) is 23.9 Å². The van der Waals surface area contributed by atoms with Gasteiger partial charge in [0, 0.05) is 23.2 Å². The summed E-state index contributed by atoms with van der Waals surface area (Å²) in [6.45, 7) is 4.19. The highest BCUT2D eigenvalue weighted by molar-refractivity contribution is 5.99. The Hall–Kier alpha value is -1.84. The van der Waals surface area contributed by atoms with Crippen molar-refractivity contribution < 1.29 is 9.59 Å². The fourth-order valence-corrected chi connectivity index (χ4v) is 3.31. The minimum Gasteiger partial charge on any atom is -0.349 e. The number of benzene rings is 1. The van der Waals surface area contributed by atoms with Gasteiger partial charge in [-0.2, -0.15) is 0 Å². The van der Waals surface area contributed by atoms with Gasteiger partial charge in [0.1, 0.15) is 0 Å². The second-order valence-corrected chi connectivity index (χ2v) is 6.76. The number of carbonyl (C=O) groups excluding carboxylic acids is 2. The minimum absolute atomic E-state index is 0.0721. The normalized spacial score (nSPS) is 16.4. The molecule has 1 fully saturated rings. The lowest BCUT2D eigenvalue weighted by Gasteiger charge is -2.22. The van der Waals surface area contributed by atoms with Gasteiger partial charge in [0.15, 0.2) is 0 Å². The molecule has 0 radical (unpaired) electrons. The molecule has 1 aliphatic rings. The largest absolute Gasteiger partial charge is 0.349 e. The van der Waals surface area contributed by atoms with Crippen LogP contribution in [0.2, 0.25) is 0 Å². The predicted molar refractivity (Wildman–Crippen MR) is 97.2 cm³/mol. The van der Waals surface area contributed by atoms with Crippen LogP contribution < -0.4 is 10.6 Å². The molecule has 0 aliphatic heterocycles. The summed E-state index contributed by atoms with van der Waals surface area (Å²) in [5, 5.41) is 6.16. The Morgan fingerprint density at radius 2 is 1.75 bits per heavy atom. The molecule has 1 aromatic rings. The molecule has 132 valence electrons. The van der Waals surface area contributed by atoms with Crippen molar-refractivity contribution >= 4 is 11.8 Å². The van der Waals surface area contributed by atoms with E-state index in [1.54, 1.807) is 24.3 Å². The molecular weight excluding hydrogens is 300 g/mol. The van der Waals surface area contributed by atoms with Crippen LogP contribution in [-0.2, 0) is 0 Å². The number of carbonyl (C=O) groups is 2. The van der Waals surface area contributed by atoms with Gasteiger partial charge in [-0.25, -0.2) is 0 Å². The molecule has 0 aromatic heterocycles. The highest BCUT2D eigenvalue weighted by Crippen LogP contribution is 2.18. The minimum atomic E-state index is -0.0948. The third-order valence-corrected chi connectivity index (χ3v) is 4.79. The lowest BCUT2D eigenvalue weighted by molar-refractivity contribution is 0.0927. The molecule has 1 aromatic carbocycles. The predicted octanol–water partition coefficient (Wildman–Crippen LogP) is 4.06. The Kier molecular flexibility index (Phi) is 7.29. The molecule has 1 aliphatic carbocycles. The van der Waals surface area contributed by atoms with Crippen LogP contribution in [0.25, 0.3) is 0 Å². The quantitative estimate of drug-likeness (QED) is 0.792. The number of hydrogen-bond acceptors (Lipinski definition) is 2. The molecule has 0 heterocycles. The van der Waals surface area contributed by atoms with Gasteiger partial charge in [0.25, 0.3) is 11.8 Å². The van der Waals surface area contributed by atoms with E-state index in [0.717, 1.165) is 32.1 Å². The van der Waals surface area contributed by atoms with Gasteiger partial charge >= 0.3 is 0 Å². The van der Waals surface area contributed by atoms with Gasteiger partial charge in [-0.05, 0) is 43.9 Å². The molecule has 2 amide bonds. The second kappa shape index (κ2) is 9.45. The van der Waals surface area contributed by atoms with E-state index in [0.29, 0.717) is 11.1 Å². The van der Waals surface area contributed by atoms with Crippen LogP contribution >= 0.6 is 0 Å². The van der Waals surface area contributed by atoms with Gasteiger partial charge in [-0.1, -0.05) is 45.6 Å². The van der Waals surface area contributed by atoms with Crippen molar-refractivity contribution in [3.05, 3.63) is 35.4 Å². The van der Waals surface area contributed by atoms with E-state index in [1.165, 1.54) is 19.3 Å². The monoisotopic (exact) mass is 330 g/mol. The average Bonchev–Trinajstić information content (AvgIpc) is 2.62. The molecule has 1 atom stereocenters. The van der Waals surface area contributed by atoms with Crippen molar-refractivity contribution in [2.75, 3.05) is 0 Å². The first-order valence-electron chi connectivity index (χ1n) is 9.35. The third-order valence-electron chi connectivity index (χ3n) is 4.79. The topological polar surface area (TPSA) is 58.2 Å². The molecule has 24 heavy (non-hydrogen) atoms. The van der Waals surface area contributed by atoms with Crippen LogP contribution in [0.1, 0.15) is 85.9 Å². The molecule has 0 spiro atoms. The van der Waals surface area contributed by atoms with E-state index in [2.05, 4.69) is 24.5 Å². The molecule has 2 rings (SSSR count). The molecule has 4 heteroatoms. The fourth-order valence-electron chi connectivity index (χ4n) is 3.31. The molecule has 1 saturated carbocycles. The van der Waals surface area contributed by atoms with Crippen molar-refractivity contribution in [2.45, 2.75) is 77.3 Å². The summed E-state index contributed by atoms with van der Waals surface area (Å²) in [5.74, 6) is -0.167. The molecule has 0 saturated heterocycles. The van der Waals surface area contributed by atoms with Gasteiger partial charge in [0.05, 0.1) is 0 Å². The molecule has 4 nitrogen and oxygen atoms in total. The van der Waals surface area contributed by atoms with Crippen molar-refractivity contribution in [1.29, 1.82) is 0 Å². The lowest BCUT2D eigenvalue weighted by Crippen LogP contribution is -2.36. The maximum Gasteiger partial charge on any atom is 0.251 e. The van der Waals surface area contributed by atoms with Crippen LogP contribution in [0.5, 0.6) is 0 Å². The zero-order valence-corrected chi connectivity index (χ0v) is 14.9. The SMILES string of the molecule is CCCC(CC)NC(=O)c1cccc(C(=O)NC2CCCCC2)c1. The molecule has 1 unspecified atom stereocenters. The first-order chi connectivity index (χ1) is 11.6. The standard InChI is InChI=1S/C20H30N2O2/c1-3-9-17(4-2)21-19(23)15-10-8-11-16(14-15)20(24)22-18-12-6-5-7-13-18/h8,10-11,14,17-18H,3-7,9,12-13H2,1-2H3,(H,21,23)(H,22,24). The summed E-state index contributed by atoms with van der Waals surface area (Å²) < 4.78 is 0. The highest BCUT2D eigenvalue weighted by atomic mass is 16.2. The van der Waals surface area contributed by atoms with Crippen molar-refractivity contribution in [1.82, 2.24) is 10.6 Å².